The summed E-state index contributed by atoms with van der Waals surface area (Å²) in [5.74, 6) is -1.73. The predicted molar refractivity (Wildman–Crippen MR) is 121 cm³/mol. The molecule has 1 saturated carbocycles. The molecule has 2 aliphatic rings. The molecule has 4 atom stereocenters. The second kappa shape index (κ2) is 9.23. The van der Waals surface area contributed by atoms with Crippen molar-refractivity contribution in [1.82, 2.24) is 4.90 Å². The number of rotatable bonds is 8. The molecule has 2 fully saturated rings. The Morgan fingerprint density at radius 3 is 2.59 bits per heavy atom. The molecule has 32 heavy (non-hydrogen) atoms. The van der Waals surface area contributed by atoms with Crippen molar-refractivity contribution in [2.45, 2.75) is 42.7 Å². The maximum Gasteiger partial charge on any atom is 0.326 e. The van der Waals surface area contributed by atoms with Crippen LogP contribution in [0.4, 0.5) is 5.69 Å². The predicted octanol–water partition coefficient (Wildman–Crippen LogP) is 2.91. The van der Waals surface area contributed by atoms with Crippen LogP contribution in [0, 0.1) is 17.2 Å². The summed E-state index contributed by atoms with van der Waals surface area (Å²) in [7, 11) is 0. The Morgan fingerprint density at radius 2 is 1.97 bits per heavy atom. The average molecular weight is 452 g/mol. The Labute approximate surface area is 191 Å². The third kappa shape index (κ3) is 4.18. The molecule has 0 bridgehead atoms. The zero-order valence-corrected chi connectivity index (χ0v) is 18.5. The maximum absolute atomic E-state index is 13.2. The van der Waals surface area contributed by atoms with E-state index in [0.29, 0.717) is 13.0 Å². The number of aliphatic hydroxyl groups is 1. The molecule has 0 aromatic heterocycles. The first-order valence-corrected chi connectivity index (χ1v) is 11.5. The quantitative estimate of drug-likeness (QED) is 0.595. The number of nitrogens with zero attached hydrogens (tertiary/aromatic N) is 2. The van der Waals surface area contributed by atoms with Crippen LogP contribution in [0.1, 0.15) is 24.5 Å². The molecular weight excluding hydrogens is 426 g/mol. The van der Waals surface area contributed by atoms with E-state index < -0.39 is 22.0 Å². The summed E-state index contributed by atoms with van der Waals surface area (Å²) in [5, 5.41) is 21.7. The summed E-state index contributed by atoms with van der Waals surface area (Å²) in [6.45, 7) is 2.25. The van der Waals surface area contributed by atoms with Gasteiger partial charge in [-0.2, -0.15) is 5.26 Å². The average Bonchev–Trinajstić information content (AvgIpc) is 3.43. The maximum atomic E-state index is 13.2. The highest BCUT2D eigenvalue weighted by molar-refractivity contribution is 8.02. The van der Waals surface area contributed by atoms with Gasteiger partial charge in [-0.05, 0) is 36.6 Å². The highest BCUT2D eigenvalue weighted by atomic mass is 32.2. The van der Waals surface area contributed by atoms with Crippen LogP contribution in [0.15, 0.2) is 54.6 Å². The van der Waals surface area contributed by atoms with Gasteiger partial charge in [-0.15, -0.1) is 11.8 Å². The number of hydrogen-bond acceptors (Lipinski definition) is 7. The number of amides is 1. The zero-order chi connectivity index (χ0) is 22.7. The minimum atomic E-state index is -1.07. The Hall–Kier alpha value is -3.02. The van der Waals surface area contributed by atoms with Gasteiger partial charge < -0.3 is 20.1 Å². The SMILES string of the molecule is CCN1C(=O)C2(CC2Nc2ccccc2)SC1C(C#N)C(=O)OCc1ccc(CO)cc1. The van der Waals surface area contributed by atoms with Gasteiger partial charge in [0.05, 0.1) is 18.7 Å². The van der Waals surface area contributed by atoms with Crippen molar-refractivity contribution in [3.8, 4) is 6.07 Å². The topological polar surface area (TPSA) is 103 Å². The largest absolute Gasteiger partial charge is 0.460 e. The van der Waals surface area contributed by atoms with E-state index in [1.54, 1.807) is 29.2 Å². The van der Waals surface area contributed by atoms with Crippen LogP contribution in [0.3, 0.4) is 0 Å². The highest BCUT2D eigenvalue weighted by Crippen LogP contribution is 2.59. The standard InChI is InChI=1S/C24H25N3O4S/c1-2-27-21(19(13-25)22(29)31-15-17-10-8-16(14-28)9-11-17)32-24(23(27)30)12-20(24)26-18-6-4-3-5-7-18/h3-11,19-21,26,28H,2,12,14-15H2,1H3. The first-order chi connectivity index (χ1) is 15.5. The van der Waals surface area contributed by atoms with Crippen molar-refractivity contribution < 1.29 is 19.4 Å². The molecule has 0 radical (unpaired) electrons. The first-order valence-electron chi connectivity index (χ1n) is 10.6. The van der Waals surface area contributed by atoms with Gasteiger partial charge in [0.1, 0.15) is 16.7 Å². The summed E-state index contributed by atoms with van der Waals surface area (Å²) in [5.41, 5.74) is 2.47. The van der Waals surface area contributed by atoms with Crippen molar-refractivity contribution in [3.05, 3.63) is 65.7 Å². The first kappa shape index (κ1) is 22.2. The highest BCUT2D eigenvalue weighted by Gasteiger charge is 2.69. The van der Waals surface area contributed by atoms with E-state index in [4.69, 9.17) is 9.84 Å². The van der Waals surface area contributed by atoms with E-state index in [1.807, 2.05) is 37.3 Å². The summed E-state index contributed by atoms with van der Waals surface area (Å²) < 4.78 is 4.77. The van der Waals surface area contributed by atoms with Gasteiger partial charge >= 0.3 is 5.97 Å². The Balaban J connectivity index is 1.43. The minimum Gasteiger partial charge on any atom is -0.460 e. The lowest BCUT2D eigenvalue weighted by atomic mass is 10.1. The van der Waals surface area contributed by atoms with Gasteiger partial charge in [-0.1, -0.05) is 42.5 Å². The monoisotopic (exact) mass is 451 g/mol. The smallest absolute Gasteiger partial charge is 0.326 e. The van der Waals surface area contributed by atoms with Crippen LogP contribution in [-0.4, -0.2) is 44.6 Å². The Kier molecular flexibility index (Phi) is 6.40. The molecule has 4 unspecified atom stereocenters. The number of esters is 1. The number of carbonyl (C=O) groups excluding carboxylic acids is 2. The lowest BCUT2D eigenvalue weighted by Gasteiger charge is -2.24. The molecule has 1 spiro atoms. The fraction of sp³-hybridized carbons (Fsp3) is 0.375. The minimum absolute atomic E-state index is 0.0313. The van der Waals surface area contributed by atoms with Gasteiger partial charge in [0, 0.05) is 12.2 Å². The molecule has 1 amide bonds. The van der Waals surface area contributed by atoms with Gasteiger partial charge in [0.25, 0.3) is 0 Å². The van der Waals surface area contributed by atoms with Gasteiger partial charge in [-0.25, -0.2) is 0 Å². The van der Waals surface area contributed by atoms with Crippen molar-refractivity contribution in [2.75, 3.05) is 11.9 Å². The number of carbonyl (C=O) groups is 2. The molecule has 8 heteroatoms. The van der Waals surface area contributed by atoms with E-state index in [9.17, 15) is 14.9 Å². The number of aliphatic hydroxyl groups excluding tert-OH is 1. The summed E-state index contributed by atoms with van der Waals surface area (Å²) in [6, 6.07) is 18.8. The molecule has 7 nitrogen and oxygen atoms in total. The zero-order valence-electron chi connectivity index (χ0n) is 17.7. The van der Waals surface area contributed by atoms with Crippen LogP contribution in [0.2, 0.25) is 0 Å². The molecule has 2 aromatic rings. The molecule has 1 aliphatic carbocycles. The molecule has 2 N–H and O–H groups in total. The molecule has 4 rings (SSSR count). The second-order valence-corrected chi connectivity index (χ2v) is 9.39. The molecule has 1 aliphatic heterocycles. The summed E-state index contributed by atoms with van der Waals surface area (Å²) >= 11 is 1.40. The van der Waals surface area contributed by atoms with E-state index in [-0.39, 0.29) is 25.2 Å². The Morgan fingerprint density at radius 1 is 1.28 bits per heavy atom. The second-order valence-electron chi connectivity index (χ2n) is 7.95. The van der Waals surface area contributed by atoms with Crippen molar-refractivity contribution in [3.63, 3.8) is 0 Å². The molecule has 166 valence electrons. The Bertz CT molecular complexity index is 1020. The summed E-state index contributed by atoms with van der Waals surface area (Å²) in [6.07, 6.45) is 0.656. The number of thioether (sulfide) groups is 1. The fourth-order valence-corrected chi connectivity index (χ4v) is 5.81. The molecule has 1 saturated heterocycles. The number of nitriles is 1. The van der Waals surface area contributed by atoms with E-state index in [2.05, 4.69) is 11.4 Å². The normalized spacial score (nSPS) is 24.8. The number of nitrogens with one attached hydrogen (secondary N) is 1. The van der Waals surface area contributed by atoms with Crippen LogP contribution < -0.4 is 5.32 Å². The van der Waals surface area contributed by atoms with Crippen molar-refractivity contribution >= 4 is 29.3 Å². The van der Waals surface area contributed by atoms with Crippen molar-refractivity contribution in [1.29, 1.82) is 5.26 Å². The van der Waals surface area contributed by atoms with Crippen molar-refractivity contribution in [2.24, 2.45) is 5.92 Å². The lowest BCUT2D eigenvalue weighted by Crippen LogP contribution is -2.41. The van der Waals surface area contributed by atoms with Crippen LogP contribution in [0.25, 0.3) is 0 Å². The number of benzene rings is 2. The van der Waals surface area contributed by atoms with E-state index >= 15 is 0 Å². The fourth-order valence-electron chi connectivity index (χ4n) is 3.99. The number of anilines is 1. The van der Waals surface area contributed by atoms with E-state index in [0.717, 1.165) is 16.8 Å². The van der Waals surface area contributed by atoms with Gasteiger partial charge in [0.2, 0.25) is 5.91 Å². The van der Waals surface area contributed by atoms with Gasteiger partial charge in [-0.3, -0.25) is 9.59 Å². The third-order valence-corrected chi connectivity index (χ3v) is 7.71. The molecule has 2 aromatic carbocycles. The van der Waals surface area contributed by atoms with Crippen LogP contribution in [0.5, 0.6) is 0 Å². The van der Waals surface area contributed by atoms with Crippen LogP contribution in [-0.2, 0) is 27.5 Å². The number of hydrogen-bond donors (Lipinski definition) is 2. The molecular formula is C24H25N3O4S. The lowest BCUT2D eigenvalue weighted by molar-refractivity contribution is -0.149. The van der Waals surface area contributed by atoms with Crippen LogP contribution >= 0.6 is 11.8 Å². The van der Waals surface area contributed by atoms with Gasteiger partial charge in [0.15, 0.2) is 5.92 Å². The third-order valence-electron chi connectivity index (χ3n) is 5.89. The molecule has 1 heterocycles. The number of ether oxygens (including phenoxy) is 1. The summed E-state index contributed by atoms with van der Waals surface area (Å²) in [4.78, 5) is 27.6. The van der Waals surface area contributed by atoms with E-state index in [1.165, 1.54) is 11.8 Å². The number of para-hydroxylation sites is 1.